The molecule has 5 atom stereocenters. The summed E-state index contributed by atoms with van der Waals surface area (Å²) in [5.74, 6) is -3.36. The van der Waals surface area contributed by atoms with Gasteiger partial charge in [-0.3, -0.25) is 19.4 Å². The smallest absolute Gasteiger partial charge is 0.326 e. The van der Waals surface area contributed by atoms with Crippen LogP contribution in [0.2, 0.25) is 0 Å². The Morgan fingerprint density at radius 1 is 0.833 bits per heavy atom. The van der Waals surface area contributed by atoms with E-state index in [4.69, 9.17) is 22.9 Å². The number of nitrogens with one attached hydrogen (secondary N) is 3. The molecule has 0 aliphatic rings. The second-order valence-electron chi connectivity index (χ2n) is 9.15. The van der Waals surface area contributed by atoms with Crippen molar-refractivity contribution >= 4 is 29.7 Å². The maximum atomic E-state index is 13.1. The SMILES string of the molecule is CC(C)CC(NC(=O)C(CCCCN)NC(=O)C(CCCN=C(N)N)NC(=O)C(N)C(C)O)C(=O)O. The minimum atomic E-state index is -1.27. The number of carbonyl (C=O) groups excluding carboxylic acids is 3. The third-order valence-electron chi connectivity index (χ3n) is 5.30. The van der Waals surface area contributed by atoms with Crippen molar-refractivity contribution in [3.05, 3.63) is 0 Å². The number of aliphatic carboxylic acids is 1. The Hall–Kier alpha value is -2.97. The van der Waals surface area contributed by atoms with Crippen LogP contribution in [0.5, 0.6) is 0 Å². The molecule has 0 saturated heterocycles. The summed E-state index contributed by atoms with van der Waals surface area (Å²) < 4.78 is 0. The number of carbonyl (C=O) groups is 4. The Balaban J connectivity index is 5.62. The fourth-order valence-electron chi connectivity index (χ4n) is 3.26. The van der Waals surface area contributed by atoms with Crippen LogP contribution in [-0.2, 0) is 19.2 Å². The highest BCUT2D eigenvalue weighted by Crippen LogP contribution is 2.09. The highest BCUT2D eigenvalue weighted by molar-refractivity contribution is 5.94. The number of aliphatic imine (C=N–C) groups is 1. The first kappa shape index (κ1) is 33.0. The van der Waals surface area contributed by atoms with E-state index in [9.17, 15) is 29.4 Å². The van der Waals surface area contributed by atoms with Crippen molar-refractivity contribution < 1.29 is 29.4 Å². The minimum Gasteiger partial charge on any atom is -0.480 e. The quantitative estimate of drug-likeness (QED) is 0.0523. The largest absolute Gasteiger partial charge is 0.480 e. The number of carboxylic acid groups (broad SMARTS) is 1. The predicted octanol–water partition coefficient (Wildman–Crippen LogP) is -2.54. The van der Waals surface area contributed by atoms with Gasteiger partial charge in [-0.15, -0.1) is 0 Å². The summed E-state index contributed by atoms with van der Waals surface area (Å²) in [6.07, 6.45) is 0.805. The van der Waals surface area contributed by atoms with E-state index in [0.717, 1.165) is 0 Å². The van der Waals surface area contributed by atoms with E-state index >= 15 is 0 Å². The van der Waals surface area contributed by atoms with Crippen molar-refractivity contribution in [3.63, 3.8) is 0 Å². The van der Waals surface area contributed by atoms with Gasteiger partial charge < -0.3 is 49.1 Å². The molecule has 14 nitrogen and oxygen atoms in total. The molecule has 0 bridgehead atoms. The van der Waals surface area contributed by atoms with Gasteiger partial charge in [0.15, 0.2) is 5.96 Å². The predicted molar refractivity (Wildman–Crippen MR) is 135 cm³/mol. The average molecular weight is 517 g/mol. The molecular formula is C22H44N8O6. The number of nitrogens with two attached hydrogens (primary N) is 4. The lowest BCUT2D eigenvalue weighted by Gasteiger charge is -2.26. The van der Waals surface area contributed by atoms with Gasteiger partial charge in [0.1, 0.15) is 24.2 Å². The minimum absolute atomic E-state index is 0.0135. The summed E-state index contributed by atoms with van der Waals surface area (Å²) in [4.78, 5) is 53.9. The highest BCUT2D eigenvalue weighted by Gasteiger charge is 2.30. The molecule has 0 spiro atoms. The zero-order valence-corrected chi connectivity index (χ0v) is 21.4. The summed E-state index contributed by atoms with van der Waals surface area (Å²) in [5.41, 5.74) is 21.8. The van der Waals surface area contributed by atoms with Gasteiger partial charge in [0, 0.05) is 6.54 Å². The third-order valence-corrected chi connectivity index (χ3v) is 5.30. The molecule has 0 aliphatic heterocycles. The average Bonchev–Trinajstić information content (AvgIpc) is 2.78. The van der Waals surface area contributed by atoms with Gasteiger partial charge in [-0.2, -0.15) is 0 Å². The van der Waals surface area contributed by atoms with Crippen molar-refractivity contribution in [2.45, 2.75) is 89.6 Å². The number of hydrogen-bond acceptors (Lipinski definition) is 8. The summed E-state index contributed by atoms with van der Waals surface area (Å²) in [5, 5.41) is 26.7. The Bertz CT molecular complexity index is 742. The fraction of sp³-hybridized carbons (Fsp3) is 0.773. The lowest BCUT2D eigenvalue weighted by Crippen LogP contribution is -2.58. The monoisotopic (exact) mass is 516 g/mol. The molecule has 0 saturated carbocycles. The molecule has 0 aromatic heterocycles. The summed E-state index contributed by atoms with van der Waals surface area (Å²) in [7, 11) is 0. The number of amides is 3. The fourth-order valence-corrected chi connectivity index (χ4v) is 3.26. The van der Waals surface area contributed by atoms with E-state index in [2.05, 4.69) is 20.9 Å². The van der Waals surface area contributed by atoms with Crippen LogP contribution < -0.4 is 38.9 Å². The molecule has 0 fully saturated rings. The van der Waals surface area contributed by atoms with Gasteiger partial charge >= 0.3 is 5.97 Å². The summed E-state index contributed by atoms with van der Waals surface area (Å²) in [6, 6.07) is -4.55. The number of carboxylic acids is 1. The van der Waals surface area contributed by atoms with Gasteiger partial charge in [0.25, 0.3) is 0 Å². The van der Waals surface area contributed by atoms with Crippen molar-refractivity contribution in [2.24, 2.45) is 33.8 Å². The highest BCUT2D eigenvalue weighted by atomic mass is 16.4. The lowest BCUT2D eigenvalue weighted by molar-refractivity contribution is -0.143. The van der Waals surface area contributed by atoms with Crippen molar-refractivity contribution in [1.82, 2.24) is 16.0 Å². The van der Waals surface area contributed by atoms with E-state index in [0.29, 0.717) is 25.8 Å². The van der Waals surface area contributed by atoms with Crippen LogP contribution in [0, 0.1) is 5.92 Å². The zero-order chi connectivity index (χ0) is 27.8. The number of hydrogen-bond donors (Lipinski definition) is 9. The Morgan fingerprint density at radius 3 is 1.78 bits per heavy atom. The molecule has 36 heavy (non-hydrogen) atoms. The maximum absolute atomic E-state index is 13.1. The Labute approximate surface area is 212 Å². The van der Waals surface area contributed by atoms with Gasteiger partial charge in [-0.05, 0) is 57.9 Å². The number of aliphatic hydroxyl groups is 1. The molecule has 13 N–H and O–H groups in total. The first-order valence-electron chi connectivity index (χ1n) is 12.1. The van der Waals surface area contributed by atoms with Gasteiger partial charge in [0.05, 0.1) is 6.10 Å². The second-order valence-corrected chi connectivity index (χ2v) is 9.15. The number of unbranched alkanes of at least 4 members (excludes halogenated alkanes) is 1. The molecule has 0 rings (SSSR count). The maximum Gasteiger partial charge on any atom is 0.326 e. The molecule has 3 amide bonds. The molecule has 5 unspecified atom stereocenters. The van der Waals surface area contributed by atoms with Gasteiger partial charge in [0.2, 0.25) is 17.7 Å². The number of aliphatic hydroxyl groups excluding tert-OH is 1. The molecule has 0 aromatic rings. The van der Waals surface area contributed by atoms with E-state index < -0.39 is 54.0 Å². The van der Waals surface area contributed by atoms with Crippen LogP contribution in [0.25, 0.3) is 0 Å². The Morgan fingerprint density at radius 2 is 1.33 bits per heavy atom. The normalized spacial score (nSPS) is 15.2. The van der Waals surface area contributed by atoms with E-state index in [-0.39, 0.29) is 37.7 Å². The number of nitrogens with zero attached hydrogens (tertiary/aromatic N) is 1. The Kier molecular flexibility index (Phi) is 16.0. The first-order chi connectivity index (χ1) is 16.8. The van der Waals surface area contributed by atoms with Crippen LogP contribution in [0.15, 0.2) is 4.99 Å². The standard InChI is InChI=1S/C22H44N8O6/c1-12(2)11-16(21(35)36)30-19(33)14(7-4-5-9-23)28-18(32)15(8-6-10-27-22(25)26)29-20(34)17(24)13(3)31/h12-17,31H,4-11,23-24H2,1-3H3,(H,28,32)(H,29,34)(H,30,33)(H,35,36)(H4,25,26,27). The molecular weight excluding hydrogens is 472 g/mol. The number of rotatable bonds is 18. The van der Waals surface area contributed by atoms with Crippen molar-refractivity contribution in [2.75, 3.05) is 13.1 Å². The zero-order valence-electron chi connectivity index (χ0n) is 21.4. The van der Waals surface area contributed by atoms with Crippen molar-refractivity contribution in [1.29, 1.82) is 0 Å². The second kappa shape index (κ2) is 17.5. The van der Waals surface area contributed by atoms with Crippen LogP contribution in [-0.4, -0.2) is 83.2 Å². The third kappa shape index (κ3) is 13.8. The van der Waals surface area contributed by atoms with Crippen molar-refractivity contribution in [3.8, 4) is 0 Å². The summed E-state index contributed by atoms with van der Waals surface area (Å²) >= 11 is 0. The van der Waals surface area contributed by atoms with Crippen LogP contribution in [0.1, 0.15) is 59.3 Å². The molecule has 0 heterocycles. The van der Waals surface area contributed by atoms with Crippen LogP contribution in [0.3, 0.4) is 0 Å². The number of guanidine groups is 1. The molecule has 0 aliphatic carbocycles. The lowest BCUT2D eigenvalue weighted by atomic mass is 10.0. The molecule has 0 radical (unpaired) electrons. The van der Waals surface area contributed by atoms with E-state index in [1.165, 1.54) is 6.92 Å². The first-order valence-corrected chi connectivity index (χ1v) is 12.1. The van der Waals surface area contributed by atoms with Crippen LogP contribution >= 0.6 is 0 Å². The molecule has 208 valence electrons. The summed E-state index contributed by atoms with van der Waals surface area (Å²) in [6.45, 7) is 5.58. The molecule has 0 aromatic carbocycles. The van der Waals surface area contributed by atoms with E-state index in [1.807, 2.05) is 13.8 Å². The molecule has 14 heteroatoms. The van der Waals surface area contributed by atoms with Crippen LogP contribution in [0.4, 0.5) is 0 Å². The van der Waals surface area contributed by atoms with E-state index in [1.54, 1.807) is 0 Å². The van der Waals surface area contributed by atoms with Gasteiger partial charge in [-0.25, -0.2) is 4.79 Å². The topological polar surface area (TPSA) is 261 Å². The van der Waals surface area contributed by atoms with Gasteiger partial charge in [-0.1, -0.05) is 13.8 Å².